The molecule has 2 N–H and O–H groups in total. The van der Waals surface area contributed by atoms with Gasteiger partial charge in [-0.1, -0.05) is 66.4 Å². The number of amides is 2. The van der Waals surface area contributed by atoms with Crippen LogP contribution in [0, 0.1) is 5.82 Å². The Morgan fingerprint density at radius 3 is 2.57 bits per heavy atom. The largest absolute Gasteiger partial charge is 0.355 e. The molecule has 4 aromatic rings. The summed E-state index contributed by atoms with van der Waals surface area (Å²) in [7, 11) is 0. The van der Waals surface area contributed by atoms with E-state index >= 15 is 0 Å². The molecule has 0 bridgehead atoms. The molecule has 2 amide bonds. The van der Waals surface area contributed by atoms with Gasteiger partial charge >= 0.3 is 0 Å². The third-order valence-corrected chi connectivity index (χ3v) is 6.27. The van der Waals surface area contributed by atoms with Gasteiger partial charge in [0.1, 0.15) is 5.82 Å². The number of carbonyl (C=O) groups is 2. The number of nitrogens with zero attached hydrogens (tertiary/aromatic N) is 2. The standard InChI is InChI=1S/C27H25FN4O2S/c28-24-12-5-4-9-22(24)18-31-26(34)21-10-6-11-23(17-21)32-16-15-30-27(32)35-19-25(33)29-14-13-20-7-2-1-3-8-20/h1-12,15-17H,13-14,18-19H2,(H,29,33)(H,31,34). The van der Waals surface area contributed by atoms with E-state index in [1.54, 1.807) is 48.8 Å². The topological polar surface area (TPSA) is 76.0 Å². The number of nitrogens with one attached hydrogen (secondary N) is 2. The highest BCUT2D eigenvalue weighted by molar-refractivity contribution is 7.99. The molecule has 0 saturated heterocycles. The van der Waals surface area contributed by atoms with Gasteiger partial charge in [-0.05, 0) is 36.2 Å². The van der Waals surface area contributed by atoms with Crippen molar-refractivity contribution in [1.29, 1.82) is 0 Å². The van der Waals surface area contributed by atoms with E-state index in [0.29, 0.717) is 22.8 Å². The van der Waals surface area contributed by atoms with Gasteiger partial charge in [0.15, 0.2) is 5.16 Å². The Labute approximate surface area is 207 Å². The highest BCUT2D eigenvalue weighted by atomic mass is 32.2. The normalized spacial score (nSPS) is 10.7. The van der Waals surface area contributed by atoms with Crippen molar-refractivity contribution >= 4 is 23.6 Å². The predicted octanol–water partition coefficient (Wildman–Crippen LogP) is 4.39. The van der Waals surface area contributed by atoms with E-state index in [1.807, 2.05) is 41.0 Å². The second-order valence-corrected chi connectivity index (χ2v) is 8.72. The molecule has 0 aliphatic carbocycles. The van der Waals surface area contributed by atoms with Gasteiger partial charge in [0.2, 0.25) is 5.91 Å². The number of carbonyl (C=O) groups excluding carboxylic acids is 2. The monoisotopic (exact) mass is 488 g/mol. The van der Waals surface area contributed by atoms with Crippen molar-refractivity contribution in [1.82, 2.24) is 20.2 Å². The molecular formula is C27H25FN4O2S. The SMILES string of the molecule is O=C(CSc1nccn1-c1cccc(C(=O)NCc2ccccc2F)c1)NCCc1ccccc1. The molecule has 0 aliphatic rings. The van der Waals surface area contributed by atoms with Gasteiger partial charge in [-0.3, -0.25) is 14.2 Å². The highest BCUT2D eigenvalue weighted by Gasteiger charge is 2.12. The van der Waals surface area contributed by atoms with E-state index in [0.717, 1.165) is 12.1 Å². The number of hydrogen-bond donors (Lipinski definition) is 2. The molecule has 35 heavy (non-hydrogen) atoms. The molecule has 0 atom stereocenters. The molecule has 6 nitrogen and oxygen atoms in total. The lowest BCUT2D eigenvalue weighted by Gasteiger charge is -2.10. The minimum atomic E-state index is -0.356. The number of halogens is 1. The van der Waals surface area contributed by atoms with Gasteiger partial charge in [0.05, 0.1) is 5.75 Å². The number of imidazole rings is 1. The lowest BCUT2D eigenvalue weighted by atomic mass is 10.1. The summed E-state index contributed by atoms with van der Waals surface area (Å²) in [4.78, 5) is 29.3. The second kappa shape index (κ2) is 12.0. The minimum absolute atomic E-state index is 0.0678. The lowest BCUT2D eigenvalue weighted by Crippen LogP contribution is -2.27. The third kappa shape index (κ3) is 6.80. The second-order valence-electron chi connectivity index (χ2n) is 7.78. The number of rotatable bonds is 10. The Kier molecular flexibility index (Phi) is 8.30. The van der Waals surface area contributed by atoms with E-state index in [-0.39, 0.29) is 29.9 Å². The van der Waals surface area contributed by atoms with Crippen LogP contribution >= 0.6 is 11.8 Å². The first-order chi connectivity index (χ1) is 17.1. The minimum Gasteiger partial charge on any atom is -0.355 e. The van der Waals surface area contributed by atoms with Crippen molar-refractivity contribution in [3.8, 4) is 5.69 Å². The van der Waals surface area contributed by atoms with Crippen molar-refractivity contribution < 1.29 is 14.0 Å². The van der Waals surface area contributed by atoms with Crippen molar-refractivity contribution in [2.45, 2.75) is 18.1 Å². The molecule has 0 radical (unpaired) electrons. The zero-order valence-electron chi connectivity index (χ0n) is 19.0. The van der Waals surface area contributed by atoms with Crippen LogP contribution in [0.1, 0.15) is 21.5 Å². The Morgan fingerprint density at radius 2 is 1.74 bits per heavy atom. The summed E-state index contributed by atoms with van der Waals surface area (Å²) in [5, 5.41) is 6.33. The Balaban J connectivity index is 1.32. The van der Waals surface area contributed by atoms with Crippen LogP contribution in [0.4, 0.5) is 4.39 Å². The van der Waals surface area contributed by atoms with Gasteiger partial charge in [0.25, 0.3) is 5.91 Å². The molecule has 4 rings (SSSR count). The molecule has 3 aromatic carbocycles. The van der Waals surface area contributed by atoms with Gasteiger partial charge in [0, 0.05) is 42.3 Å². The summed E-state index contributed by atoms with van der Waals surface area (Å²) in [6, 6.07) is 23.4. The molecule has 178 valence electrons. The Hall–Kier alpha value is -3.91. The van der Waals surface area contributed by atoms with Crippen molar-refractivity contribution in [3.05, 3.63) is 114 Å². The summed E-state index contributed by atoms with van der Waals surface area (Å²) in [6.07, 6.45) is 4.21. The van der Waals surface area contributed by atoms with Crippen molar-refractivity contribution in [2.24, 2.45) is 0 Å². The average molecular weight is 489 g/mol. The van der Waals surface area contributed by atoms with Gasteiger partial charge in [-0.25, -0.2) is 9.37 Å². The van der Waals surface area contributed by atoms with Crippen LogP contribution in [0.2, 0.25) is 0 Å². The summed E-state index contributed by atoms with van der Waals surface area (Å²) in [5.41, 5.74) is 2.79. The van der Waals surface area contributed by atoms with Crippen LogP contribution in [0.3, 0.4) is 0 Å². The molecule has 1 aromatic heterocycles. The average Bonchev–Trinajstić information content (AvgIpc) is 3.36. The fourth-order valence-electron chi connectivity index (χ4n) is 3.48. The van der Waals surface area contributed by atoms with Crippen molar-refractivity contribution in [2.75, 3.05) is 12.3 Å². The van der Waals surface area contributed by atoms with Crippen LogP contribution in [0.5, 0.6) is 0 Å². The first-order valence-corrected chi connectivity index (χ1v) is 12.2. The van der Waals surface area contributed by atoms with Gasteiger partial charge in [-0.2, -0.15) is 0 Å². The van der Waals surface area contributed by atoms with Crippen LogP contribution in [0.15, 0.2) is 96.4 Å². The molecule has 0 unspecified atom stereocenters. The number of thioether (sulfide) groups is 1. The highest BCUT2D eigenvalue weighted by Crippen LogP contribution is 2.21. The van der Waals surface area contributed by atoms with E-state index < -0.39 is 0 Å². The van der Waals surface area contributed by atoms with E-state index in [1.165, 1.54) is 23.4 Å². The first kappa shape index (κ1) is 24.2. The summed E-state index contributed by atoms with van der Waals surface area (Å²) in [5.74, 6) is -0.496. The smallest absolute Gasteiger partial charge is 0.251 e. The fraction of sp³-hybridized carbons (Fsp3) is 0.148. The number of aromatic nitrogens is 2. The zero-order chi connectivity index (χ0) is 24.5. The fourth-order valence-corrected chi connectivity index (χ4v) is 4.28. The molecule has 0 spiro atoms. The molecule has 1 heterocycles. The Morgan fingerprint density at radius 1 is 0.943 bits per heavy atom. The maximum atomic E-state index is 13.8. The van der Waals surface area contributed by atoms with Crippen molar-refractivity contribution in [3.63, 3.8) is 0 Å². The third-order valence-electron chi connectivity index (χ3n) is 5.30. The molecular weight excluding hydrogens is 463 g/mol. The quantitative estimate of drug-likeness (QED) is 0.325. The summed E-state index contributed by atoms with van der Waals surface area (Å²) >= 11 is 1.32. The number of hydrogen-bond acceptors (Lipinski definition) is 4. The Bertz CT molecular complexity index is 1290. The van der Waals surface area contributed by atoms with E-state index in [2.05, 4.69) is 15.6 Å². The first-order valence-electron chi connectivity index (χ1n) is 11.2. The predicted molar refractivity (Wildman–Crippen MR) is 135 cm³/mol. The maximum absolute atomic E-state index is 13.8. The molecule has 0 saturated carbocycles. The summed E-state index contributed by atoms with van der Waals surface area (Å²) in [6.45, 7) is 0.670. The van der Waals surface area contributed by atoms with Crippen LogP contribution in [0.25, 0.3) is 5.69 Å². The van der Waals surface area contributed by atoms with Crippen LogP contribution < -0.4 is 10.6 Å². The van der Waals surface area contributed by atoms with Crippen LogP contribution in [-0.4, -0.2) is 33.7 Å². The lowest BCUT2D eigenvalue weighted by molar-refractivity contribution is -0.118. The maximum Gasteiger partial charge on any atom is 0.251 e. The zero-order valence-corrected chi connectivity index (χ0v) is 19.8. The van der Waals surface area contributed by atoms with Crippen LogP contribution in [-0.2, 0) is 17.8 Å². The van der Waals surface area contributed by atoms with E-state index in [4.69, 9.17) is 0 Å². The number of benzene rings is 3. The van der Waals surface area contributed by atoms with Gasteiger partial charge in [-0.15, -0.1) is 0 Å². The molecule has 0 fully saturated rings. The summed E-state index contributed by atoms with van der Waals surface area (Å²) < 4.78 is 15.6. The van der Waals surface area contributed by atoms with Gasteiger partial charge < -0.3 is 10.6 Å². The molecule has 0 aliphatic heterocycles. The van der Waals surface area contributed by atoms with E-state index in [9.17, 15) is 14.0 Å². The molecule has 8 heteroatoms.